The number of thiophene rings is 1. The van der Waals surface area contributed by atoms with Crippen LogP contribution in [0.2, 0.25) is 0 Å². The topological polar surface area (TPSA) is 68.1 Å². The number of nitrogens with one attached hydrogen (secondary N) is 1. The molecular weight excluding hydrogens is 404 g/mol. The first-order valence-corrected chi connectivity index (χ1v) is 11.6. The highest BCUT2D eigenvalue weighted by atomic mass is 32.2. The molecule has 1 aliphatic rings. The predicted octanol–water partition coefficient (Wildman–Crippen LogP) is 4.02. The van der Waals surface area contributed by atoms with Gasteiger partial charge in [-0.05, 0) is 25.3 Å². The standard InChI is InChI=1S/C20H22N6OS2/c1-12-10-27-9-8-25(12)18-17-16(15(28-3)11-29-17)23-20(24-18)26-14-7-5-4-6-13(14)22-19(26)21-2/h4-7,11-12H,8-10H2,1-3H3,(H,21,22)/t12-/m1/s1. The number of fused-ring (bicyclic) bond motifs is 2. The Kier molecular flexibility index (Phi) is 4.81. The van der Waals surface area contributed by atoms with Gasteiger partial charge in [-0.25, -0.2) is 14.5 Å². The lowest BCUT2D eigenvalue weighted by atomic mass is 10.2. The quantitative estimate of drug-likeness (QED) is 0.494. The molecule has 0 unspecified atom stereocenters. The smallest absolute Gasteiger partial charge is 0.239 e. The molecule has 7 nitrogen and oxygen atoms in total. The third-order valence-electron chi connectivity index (χ3n) is 5.20. The number of nitrogens with zero attached hydrogens (tertiary/aromatic N) is 5. The van der Waals surface area contributed by atoms with E-state index in [1.165, 1.54) is 4.90 Å². The van der Waals surface area contributed by atoms with E-state index in [0.717, 1.165) is 39.6 Å². The minimum absolute atomic E-state index is 0.262. The second kappa shape index (κ2) is 7.47. The summed E-state index contributed by atoms with van der Waals surface area (Å²) in [5, 5.41) is 5.37. The number of rotatable bonds is 4. The minimum atomic E-state index is 0.262. The monoisotopic (exact) mass is 426 g/mol. The number of anilines is 2. The van der Waals surface area contributed by atoms with Gasteiger partial charge in [0.2, 0.25) is 11.9 Å². The molecule has 0 radical (unpaired) electrons. The Balaban J connectivity index is 1.79. The van der Waals surface area contributed by atoms with Gasteiger partial charge in [-0.1, -0.05) is 12.1 Å². The van der Waals surface area contributed by atoms with Crippen molar-refractivity contribution in [2.24, 2.45) is 0 Å². The molecule has 4 aromatic rings. The summed E-state index contributed by atoms with van der Waals surface area (Å²) >= 11 is 3.43. The maximum absolute atomic E-state index is 5.66. The number of morpholine rings is 1. The van der Waals surface area contributed by atoms with Gasteiger partial charge < -0.3 is 15.0 Å². The molecule has 0 spiro atoms. The molecule has 29 heavy (non-hydrogen) atoms. The largest absolute Gasteiger partial charge is 0.377 e. The predicted molar refractivity (Wildman–Crippen MR) is 121 cm³/mol. The Bertz CT molecular complexity index is 1190. The van der Waals surface area contributed by atoms with Gasteiger partial charge >= 0.3 is 0 Å². The average Bonchev–Trinajstić information content (AvgIpc) is 3.34. The zero-order valence-corrected chi connectivity index (χ0v) is 18.2. The number of aromatic nitrogens is 4. The number of para-hydroxylation sites is 2. The van der Waals surface area contributed by atoms with E-state index in [4.69, 9.17) is 19.7 Å². The van der Waals surface area contributed by atoms with E-state index >= 15 is 0 Å². The third-order valence-corrected chi connectivity index (χ3v) is 7.06. The zero-order valence-electron chi connectivity index (χ0n) is 16.5. The van der Waals surface area contributed by atoms with Crippen LogP contribution in [0, 0.1) is 0 Å². The van der Waals surface area contributed by atoms with Gasteiger partial charge in [0.15, 0.2) is 5.82 Å². The van der Waals surface area contributed by atoms with Gasteiger partial charge in [0.05, 0.1) is 35.0 Å². The summed E-state index contributed by atoms with van der Waals surface area (Å²) in [7, 11) is 1.87. The summed E-state index contributed by atoms with van der Waals surface area (Å²) in [6.45, 7) is 4.42. The van der Waals surface area contributed by atoms with Crippen molar-refractivity contribution in [1.29, 1.82) is 0 Å². The lowest BCUT2D eigenvalue weighted by Gasteiger charge is -2.34. The molecule has 1 atom stereocenters. The van der Waals surface area contributed by atoms with Crippen LogP contribution >= 0.6 is 23.1 Å². The van der Waals surface area contributed by atoms with Gasteiger partial charge in [-0.15, -0.1) is 23.1 Å². The SMILES string of the molecule is CNc1nc2ccccc2n1-c1nc(N2CCOC[C@H]2C)c2scc(SC)c2n1. The Morgan fingerprint density at radius 3 is 2.90 bits per heavy atom. The van der Waals surface area contributed by atoms with Gasteiger partial charge in [0.25, 0.3) is 0 Å². The number of benzene rings is 1. The molecule has 4 heterocycles. The molecule has 0 saturated carbocycles. The number of ether oxygens (including phenoxy) is 1. The van der Waals surface area contributed by atoms with Crippen LogP contribution in [0.4, 0.5) is 11.8 Å². The van der Waals surface area contributed by atoms with Crippen molar-refractivity contribution in [3.63, 3.8) is 0 Å². The highest BCUT2D eigenvalue weighted by Crippen LogP contribution is 2.38. The fraction of sp³-hybridized carbons (Fsp3) is 0.350. The summed E-state index contributed by atoms with van der Waals surface area (Å²) in [5.41, 5.74) is 2.90. The van der Waals surface area contributed by atoms with Crippen LogP contribution in [0.1, 0.15) is 6.92 Å². The van der Waals surface area contributed by atoms with Crippen molar-refractivity contribution < 1.29 is 4.74 Å². The van der Waals surface area contributed by atoms with E-state index in [-0.39, 0.29) is 6.04 Å². The second-order valence-corrected chi connectivity index (χ2v) is 8.68. The average molecular weight is 427 g/mol. The van der Waals surface area contributed by atoms with E-state index in [2.05, 4.69) is 34.8 Å². The number of thioether (sulfide) groups is 1. The number of imidazole rings is 1. The van der Waals surface area contributed by atoms with E-state index in [1.54, 1.807) is 23.1 Å². The molecule has 1 fully saturated rings. The zero-order chi connectivity index (χ0) is 20.0. The molecule has 0 aliphatic carbocycles. The van der Waals surface area contributed by atoms with Crippen LogP contribution < -0.4 is 10.2 Å². The van der Waals surface area contributed by atoms with Crippen LogP contribution in [0.15, 0.2) is 34.5 Å². The molecule has 0 amide bonds. The molecular formula is C20H22N6OS2. The summed E-state index contributed by atoms with van der Waals surface area (Å²) in [5.74, 6) is 2.34. The highest BCUT2D eigenvalue weighted by molar-refractivity contribution is 7.99. The van der Waals surface area contributed by atoms with Crippen molar-refractivity contribution in [3.05, 3.63) is 29.6 Å². The molecule has 150 valence electrons. The molecule has 3 aromatic heterocycles. The Morgan fingerprint density at radius 2 is 2.10 bits per heavy atom. The Morgan fingerprint density at radius 1 is 1.24 bits per heavy atom. The van der Waals surface area contributed by atoms with Gasteiger partial charge in [-0.3, -0.25) is 0 Å². The van der Waals surface area contributed by atoms with Crippen molar-refractivity contribution in [2.45, 2.75) is 17.9 Å². The highest BCUT2D eigenvalue weighted by Gasteiger charge is 2.26. The summed E-state index contributed by atoms with van der Waals surface area (Å²) < 4.78 is 8.79. The normalized spacial score (nSPS) is 17.3. The maximum Gasteiger partial charge on any atom is 0.239 e. The van der Waals surface area contributed by atoms with Crippen LogP contribution in [0.25, 0.3) is 27.2 Å². The fourth-order valence-electron chi connectivity index (χ4n) is 3.75. The minimum Gasteiger partial charge on any atom is -0.377 e. The van der Waals surface area contributed by atoms with Crippen LogP contribution in [-0.4, -0.2) is 58.6 Å². The number of hydrogen-bond donors (Lipinski definition) is 1. The van der Waals surface area contributed by atoms with Crippen LogP contribution in [0.3, 0.4) is 0 Å². The third kappa shape index (κ3) is 3.04. The number of hydrogen-bond acceptors (Lipinski definition) is 8. The van der Waals surface area contributed by atoms with E-state index in [0.29, 0.717) is 19.2 Å². The molecule has 1 saturated heterocycles. The van der Waals surface area contributed by atoms with Crippen molar-refractivity contribution >= 4 is 56.1 Å². The maximum atomic E-state index is 5.66. The first-order chi connectivity index (χ1) is 14.2. The van der Waals surface area contributed by atoms with Crippen LogP contribution in [-0.2, 0) is 4.74 Å². The van der Waals surface area contributed by atoms with Gasteiger partial charge in [0.1, 0.15) is 5.52 Å². The van der Waals surface area contributed by atoms with E-state index < -0.39 is 0 Å². The second-order valence-electron chi connectivity index (χ2n) is 6.96. The van der Waals surface area contributed by atoms with Crippen molar-refractivity contribution in [1.82, 2.24) is 19.5 Å². The summed E-state index contributed by atoms with van der Waals surface area (Å²) in [4.78, 5) is 18.3. The Hall–Kier alpha value is -2.36. The molecule has 1 aliphatic heterocycles. The lowest BCUT2D eigenvalue weighted by Crippen LogP contribution is -2.44. The molecule has 9 heteroatoms. The van der Waals surface area contributed by atoms with Gasteiger partial charge in [-0.2, -0.15) is 4.98 Å². The summed E-state index contributed by atoms with van der Waals surface area (Å²) in [6, 6.07) is 8.33. The van der Waals surface area contributed by atoms with Gasteiger partial charge in [0, 0.05) is 23.9 Å². The lowest BCUT2D eigenvalue weighted by molar-refractivity contribution is 0.0987. The molecule has 5 rings (SSSR count). The Labute approximate surface area is 177 Å². The molecule has 1 aromatic carbocycles. The van der Waals surface area contributed by atoms with Crippen molar-refractivity contribution in [2.75, 3.05) is 43.3 Å². The first-order valence-electron chi connectivity index (χ1n) is 9.54. The first kappa shape index (κ1) is 18.7. The molecule has 0 bridgehead atoms. The fourth-order valence-corrected chi connectivity index (χ4v) is 5.56. The van der Waals surface area contributed by atoms with Crippen molar-refractivity contribution in [3.8, 4) is 5.95 Å². The molecule has 1 N–H and O–H groups in total. The van der Waals surface area contributed by atoms with E-state index in [1.807, 2.05) is 29.8 Å². The van der Waals surface area contributed by atoms with Crippen LogP contribution in [0.5, 0.6) is 0 Å². The summed E-state index contributed by atoms with van der Waals surface area (Å²) in [6.07, 6.45) is 2.09. The van der Waals surface area contributed by atoms with E-state index in [9.17, 15) is 0 Å².